The average Bonchev–Trinajstić information content (AvgIpc) is 2.80. The number of benzene rings is 2. The van der Waals surface area contributed by atoms with Crippen molar-refractivity contribution in [2.45, 2.75) is 64.2 Å². The maximum atomic E-state index is 12.2. The fourth-order valence-corrected chi connectivity index (χ4v) is 5.17. The Morgan fingerprint density at radius 3 is 2.65 bits per heavy atom. The van der Waals surface area contributed by atoms with Gasteiger partial charge in [-0.15, -0.1) is 0 Å². The second kappa shape index (κ2) is 9.41. The topological polar surface area (TPSA) is 44.8 Å². The highest BCUT2D eigenvalue weighted by Crippen LogP contribution is 2.35. The van der Waals surface area contributed by atoms with Gasteiger partial charge < -0.3 is 15.0 Å². The third-order valence-electron chi connectivity index (χ3n) is 6.85. The minimum absolute atomic E-state index is 0.181. The van der Waals surface area contributed by atoms with Crippen LogP contribution in [0.1, 0.15) is 55.8 Å². The number of carbonyl (C=O) groups is 1. The molecule has 4 rings (SSSR count). The summed E-state index contributed by atoms with van der Waals surface area (Å²) >= 11 is 0. The molecule has 31 heavy (non-hydrogen) atoms. The van der Waals surface area contributed by atoms with E-state index < -0.39 is 0 Å². The number of fused-ring (bicyclic) bond motifs is 1. The summed E-state index contributed by atoms with van der Waals surface area (Å²) in [5.41, 5.74) is 4.68. The van der Waals surface area contributed by atoms with Gasteiger partial charge in [0.2, 0.25) is 5.91 Å². The molecule has 1 N–H and O–H groups in total. The quantitative estimate of drug-likeness (QED) is 0.755. The van der Waals surface area contributed by atoms with Gasteiger partial charge in [0.25, 0.3) is 0 Å². The number of hydrogen-bond acceptors (Lipinski definition) is 4. The summed E-state index contributed by atoms with van der Waals surface area (Å²) in [6.07, 6.45) is 3.69. The Balaban J connectivity index is 1.59. The number of anilines is 1. The van der Waals surface area contributed by atoms with E-state index in [1.165, 1.54) is 17.5 Å². The molecule has 5 heteroatoms. The summed E-state index contributed by atoms with van der Waals surface area (Å²) in [4.78, 5) is 16.6. The molecule has 1 amide bonds. The Labute approximate surface area is 186 Å². The standard InChI is InChI=1S/C26H35N3O2/c1-18(2)29-14-8-11-22(26(29)19-9-6-5-7-10-19)27-17-21-15-23-20(16-24(21)31-4)12-13-25(30)28(23)3/h5-7,9-10,15-16,18,22,26-27H,8,11-14,17H2,1-4H3. The lowest BCUT2D eigenvalue weighted by atomic mass is 9.89. The highest BCUT2D eigenvalue weighted by Gasteiger charge is 2.34. The first-order chi connectivity index (χ1) is 15.0. The predicted octanol–water partition coefficient (Wildman–Crippen LogP) is 4.31. The first-order valence-electron chi connectivity index (χ1n) is 11.5. The molecule has 2 aliphatic heterocycles. The molecule has 0 aliphatic carbocycles. The van der Waals surface area contributed by atoms with Crippen LogP contribution < -0.4 is 15.0 Å². The maximum Gasteiger partial charge on any atom is 0.227 e. The third-order valence-corrected chi connectivity index (χ3v) is 6.85. The number of nitrogens with one attached hydrogen (secondary N) is 1. The molecule has 2 aliphatic rings. The molecule has 1 saturated heterocycles. The van der Waals surface area contributed by atoms with Crippen molar-refractivity contribution in [3.63, 3.8) is 0 Å². The summed E-state index contributed by atoms with van der Waals surface area (Å²) in [6, 6.07) is 16.3. The molecular formula is C26H35N3O2. The lowest BCUT2D eigenvalue weighted by Crippen LogP contribution is -2.50. The van der Waals surface area contributed by atoms with Crippen molar-refractivity contribution in [2.24, 2.45) is 0 Å². The molecule has 2 atom stereocenters. The van der Waals surface area contributed by atoms with E-state index in [0.29, 0.717) is 24.5 Å². The Kier molecular flexibility index (Phi) is 6.63. The Morgan fingerprint density at radius 1 is 1.16 bits per heavy atom. The average molecular weight is 422 g/mol. The van der Waals surface area contributed by atoms with E-state index >= 15 is 0 Å². The van der Waals surface area contributed by atoms with Crippen LogP contribution >= 0.6 is 0 Å². The van der Waals surface area contributed by atoms with Crippen LogP contribution in [0.4, 0.5) is 5.69 Å². The number of nitrogens with zero attached hydrogens (tertiary/aromatic N) is 2. The van der Waals surface area contributed by atoms with Crippen LogP contribution in [0.2, 0.25) is 0 Å². The van der Waals surface area contributed by atoms with Crippen LogP contribution in [0.3, 0.4) is 0 Å². The van der Waals surface area contributed by atoms with Gasteiger partial charge in [-0.1, -0.05) is 30.3 Å². The van der Waals surface area contributed by atoms with Gasteiger partial charge in [-0.3, -0.25) is 9.69 Å². The van der Waals surface area contributed by atoms with Crippen molar-refractivity contribution in [3.05, 3.63) is 59.2 Å². The number of amides is 1. The van der Waals surface area contributed by atoms with E-state index in [9.17, 15) is 4.79 Å². The van der Waals surface area contributed by atoms with E-state index in [1.807, 2.05) is 7.05 Å². The SMILES string of the molecule is COc1cc2c(cc1CNC1CCCN(C(C)C)C1c1ccccc1)N(C)C(=O)CC2. The molecule has 0 saturated carbocycles. The molecule has 2 aromatic rings. The molecule has 1 fully saturated rings. The van der Waals surface area contributed by atoms with E-state index in [2.05, 4.69) is 66.5 Å². The van der Waals surface area contributed by atoms with Gasteiger partial charge in [0.15, 0.2) is 0 Å². The third kappa shape index (κ3) is 4.48. The van der Waals surface area contributed by atoms with Crippen LogP contribution in [0.5, 0.6) is 5.75 Å². The second-order valence-electron chi connectivity index (χ2n) is 9.06. The number of hydrogen-bond donors (Lipinski definition) is 1. The van der Waals surface area contributed by atoms with Crippen molar-refractivity contribution in [1.82, 2.24) is 10.2 Å². The summed E-state index contributed by atoms with van der Waals surface area (Å²) < 4.78 is 5.73. The van der Waals surface area contributed by atoms with Gasteiger partial charge in [0.05, 0.1) is 13.2 Å². The summed E-state index contributed by atoms with van der Waals surface area (Å²) in [5, 5.41) is 3.85. The Hall–Kier alpha value is -2.37. The number of aryl methyl sites for hydroxylation is 1. The maximum absolute atomic E-state index is 12.2. The zero-order chi connectivity index (χ0) is 22.0. The van der Waals surface area contributed by atoms with E-state index in [1.54, 1.807) is 12.0 Å². The van der Waals surface area contributed by atoms with Gasteiger partial charge in [-0.05, 0) is 62.9 Å². The zero-order valence-corrected chi connectivity index (χ0v) is 19.2. The fourth-order valence-electron chi connectivity index (χ4n) is 5.17. The molecule has 0 bridgehead atoms. The number of rotatable bonds is 6. The van der Waals surface area contributed by atoms with Gasteiger partial charge in [-0.2, -0.15) is 0 Å². The molecule has 2 aromatic carbocycles. The van der Waals surface area contributed by atoms with Crippen LogP contribution in [0.15, 0.2) is 42.5 Å². The molecule has 2 heterocycles. The smallest absolute Gasteiger partial charge is 0.227 e. The minimum atomic E-state index is 0.181. The van der Waals surface area contributed by atoms with Crippen molar-refractivity contribution >= 4 is 11.6 Å². The molecular weight excluding hydrogens is 386 g/mol. The molecule has 2 unspecified atom stereocenters. The Bertz CT molecular complexity index is 912. The summed E-state index contributed by atoms with van der Waals surface area (Å²) in [7, 11) is 3.61. The van der Waals surface area contributed by atoms with Crippen LogP contribution in [-0.2, 0) is 17.8 Å². The van der Waals surface area contributed by atoms with Crippen molar-refractivity contribution in [3.8, 4) is 5.75 Å². The predicted molar refractivity (Wildman–Crippen MR) is 126 cm³/mol. The molecule has 0 radical (unpaired) electrons. The van der Waals surface area contributed by atoms with Gasteiger partial charge in [0, 0.05) is 43.3 Å². The van der Waals surface area contributed by atoms with Gasteiger partial charge in [-0.25, -0.2) is 0 Å². The summed E-state index contributed by atoms with van der Waals surface area (Å²) in [5.74, 6) is 1.09. The van der Waals surface area contributed by atoms with Gasteiger partial charge in [0.1, 0.15) is 5.75 Å². The van der Waals surface area contributed by atoms with E-state index in [0.717, 1.165) is 42.9 Å². The number of likely N-dealkylation sites (tertiary alicyclic amines) is 1. The first-order valence-corrected chi connectivity index (χ1v) is 11.5. The lowest BCUT2D eigenvalue weighted by molar-refractivity contribution is -0.118. The van der Waals surface area contributed by atoms with E-state index in [4.69, 9.17) is 4.74 Å². The molecule has 5 nitrogen and oxygen atoms in total. The number of carbonyl (C=O) groups excluding carboxylic acids is 1. The van der Waals surface area contributed by atoms with Crippen molar-refractivity contribution in [1.29, 1.82) is 0 Å². The molecule has 166 valence electrons. The lowest BCUT2D eigenvalue weighted by Gasteiger charge is -2.44. The first kappa shape index (κ1) is 21.8. The monoisotopic (exact) mass is 421 g/mol. The number of piperidine rings is 1. The zero-order valence-electron chi connectivity index (χ0n) is 19.2. The van der Waals surface area contributed by atoms with E-state index in [-0.39, 0.29) is 5.91 Å². The van der Waals surface area contributed by atoms with Crippen LogP contribution in [-0.4, -0.2) is 43.6 Å². The summed E-state index contributed by atoms with van der Waals surface area (Å²) in [6.45, 7) is 6.43. The normalized spacial score (nSPS) is 22.0. The second-order valence-corrected chi connectivity index (χ2v) is 9.06. The number of methoxy groups -OCH3 is 1. The Morgan fingerprint density at radius 2 is 1.94 bits per heavy atom. The fraction of sp³-hybridized carbons (Fsp3) is 0.500. The number of ether oxygens (including phenoxy) is 1. The van der Waals surface area contributed by atoms with Crippen LogP contribution in [0.25, 0.3) is 0 Å². The molecule has 0 aromatic heterocycles. The van der Waals surface area contributed by atoms with Crippen molar-refractivity contribution < 1.29 is 9.53 Å². The largest absolute Gasteiger partial charge is 0.496 e. The highest BCUT2D eigenvalue weighted by atomic mass is 16.5. The minimum Gasteiger partial charge on any atom is -0.496 e. The van der Waals surface area contributed by atoms with Crippen LogP contribution in [0, 0.1) is 0 Å². The molecule has 0 spiro atoms. The van der Waals surface area contributed by atoms with Gasteiger partial charge >= 0.3 is 0 Å². The highest BCUT2D eigenvalue weighted by molar-refractivity contribution is 5.96. The van der Waals surface area contributed by atoms with Crippen molar-refractivity contribution in [2.75, 3.05) is 25.6 Å².